The molecule has 2 aromatic carbocycles. The van der Waals surface area contributed by atoms with E-state index in [4.69, 9.17) is 5.10 Å². The number of benzene rings is 2. The molecule has 5 rings (SSSR count). The van der Waals surface area contributed by atoms with E-state index in [0.29, 0.717) is 22.4 Å². The van der Waals surface area contributed by atoms with Crippen LogP contribution in [0.25, 0.3) is 23.0 Å². The predicted molar refractivity (Wildman–Crippen MR) is 110 cm³/mol. The highest BCUT2D eigenvalue weighted by Crippen LogP contribution is 2.31. The summed E-state index contributed by atoms with van der Waals surface area (Å²) in [6, 6.07) is 20.3. The molecule has 5 nitrogen and oxygen atoms in total. The lowest BCUT2D eigenvalue weighted by Crippen LogP contribution is -2.00. The Bertz CT molecular complexity index is 1240. The lowest BCUT2D eigenvalue weighted by molar-refractivity contribution is 0.0990. The minimum atomic E-state index is -0.251. The van der Waals surface area contributed by atoms with Gasteiger partial charge in [0, 0.05) is 40.8 Å². The van der Waals surface area contributed by atoms with Crippen LogP contribution in [0, 0.1) is 0 Å². The highest BCUT2D eigenvalue weighted by Gasteiger charge is 2.33. The average Bonchev–Trinajstić information content (AvgIpc) is 3.31. The van der Waals surface area contributed by atoms with E-state index in [1.54, 1.807) is 47.4 Å². The van der Waals surface area contributed by atoms with E-state index in [-0.39, 0.29) is 17.1 Å². The number of ketones is 2. The Morgan fingerprint density at radius 3 is 2.03 bits per heavy atom. The Kier molecular flexibility index (Phi) is 3.99. The number of Topliss-reactive ketones (excluding diaryl/α,β-unsaturated/α-hetero) is 2. The summed E-state index contributed by atoms with van der Waals surface area (Å²) in [4.78, 5) is 29.7. The van der Waals surface area contributed by atoms with Crippen LogP contribution >= 0.6 is 0 Å². The van der Waals surface area contributed by atoms with E-state index >= 15 is 0 Å². The van der Waals surface area contributed by atoms with Crippen LogP contribution in [0.2, 0.25) is 0 Å². The number of allylic oxidation sites excluding steroid dienone is 1. The number of aromatic nitrogens is 3. The number of hydrogen-bond donors (Lipinski definition) is 0. The zero-order valence-corrected chi connectivity index (χ0v) is 15.3. The molecule has 0 spiro atoms. The Balaban J connectivity index is 1.67. The molecule has 0 radical (unpaired) electrons. The van der Waals surface area contributed by atoms with E-state index in [2.05, 4.69) is 4.98 Å². The SMILES string of the molecule is O=C1C(=Cc2cn(-c3ccccc3)nc2-c2ccncc2)C(=O)c2ccccc21. The summed E-state index contributed by atoms with van der Waals surface area (Å²) in [5.41, 5.74) is 4.19. The molecule has 1 aliphatic carbocycles. The Morgan fingerprint density at radius 2 is 1.38 bits per heavy atom. The number of nitrogens with zero attached hydrogens (tertiary/aromatic N) is 3. The number of rotatable bonds is 3. The fourth-order valence-electron chi connectivity index (χ4n) is 3.50. The fraction of sp³-hybridized carbons (Fsp3) is 0. The second-order valence-electron chi connectivity index (χ2n) is 6.71. The van der Waals surface area contributed by atoms with Crippen molar-refractivity contribution in [2.24, 2.45) is 0 Å². The van der Waals surface area contributed by atoms with Gasteiger partial charge in [0.05, 0.1) is 11.3 Å². The molecule has 0 amide bonds. The molecule has 0 bridgehead atoms. The number of fused-ring (bicyclic) bond motifs is 1. The lowest BCUT2D eigenvalue weighted by atomic mass is 10.0. The van der Waals surface area contributed by atoms with Crippen LogP contribution in [0.4, 0.5) is 0 Å². The molecule has 5 heteroatoms. The largest absolute Gasteiger partial charge is 0.288 e. The molecule has 0 N–H and O–H groups in total. The van der Waals surface area contributed by atoms with Crippen LogP contribution in [0.5, 0.6) is 0 Å². The summed E-state index contributed by atoms with van der Waals surface area (Å²) < 4.78 is 1.75. The molecular weight excluding hydrogens is 362 g/mol. The van der Waals surface area contributed by atoms with E-state index < -0.39 is 0 Å². The number of carbonyl (C=O) groups is 2. The third-order valence-corrected chi connectivity index (χ3v) is 4.92. The minimum absolute atomic E-state index is 0.161. The van der Waals surface area contributed by atoms with Gasteiger partial charge in [0.1, 0.15) is 5.69 Å². The maximum atomic E-state index is 12.8. The first-order valence-electron chi connectivity index (χ1n) is 9.18. The van der Waals surface area contributed by atoms with Crippen LogP contribution < -0.4 is 0 Å². The zero-order chi connectivity index (χ0) is 19.8. The summed E-state index contributed by atoms with van der Waals surface area (Å²) in [5.74, 6) is -0.502. The van der Waals surface area contributed by atoms with Gasteiger partial charge in [0.2, 0.25) is 0 Å². The second-order valence-corrected chi connectivity index (χ2v) is 6.71. The van der Waals surface area contributed by atoms with E-state index in [1.807, 2.05) is 48.7 Å². The molecule has 0 fully saturated rings. The molecule has 1 aliphatic rings. The zero-order valence-electron chi connectivity index (χ0n) is 15.3. The van der Waals surface area contributed by atoms with Crippen LogP contribution in [-0.2, 0) is 0 Å². The van der Waals surface area contributed by atoms with Crippen LogP contribution in [-0.4, -0.2) is 26.3 Å². The smallest absolute Gasteiger partial charge is 0.197 e. The normalized spacial score (nSPS) is 12.9. The summed E-state index contributed by atoms with van der Waals surface area (Å²) in [5, 5.41) is 4.71. The number of pyridine rings is 1. The van der Waals surface area contributed by atoms with Crippen molar-refractivity contribution >= 4 is 17.6 Å². The average molecular weight is 377 g/mol. The molecule has 0 saturated heterocycles. The number of carbonyl (C=O) groups excluding carboxylic acids is 2. The van der Waals surface area contributed by atoms with Crippen LogP contribution in [0.15, 0.2) is 90.9 Å². The molecule has 0 unspecified atom stereocenters. The molecule has 2 aromatic heterocycles. The van der Waals surface area contributed by atoms with Gasteiger partial charge in [0.25, 0.3) is 0 Å². The maximum Gasteiger partial charge on any atom is 0.197 e. The predicted octanol–water partition coefficient (Wildman–Crippen LogP) is 4.40. The second kappa shape index (κ2) is 6.80. The number of hydrogen-bond acceptors (Lipinski definition) is 4. The molecule has 138 valence electrons. The van der Waals surface area contributed by atoms with E-state index in [9.17, 15) is 9.59 Å². The minimum Gasteiger partial charge on any atom is -0.288 e. The number of para-hydroxylation sites is 1. The van der Waals surface area contributed by atoms with Crippen LogP contribution in [0.1, 0.15) is 26.3 Å². The third-order valence-electron chi connectivity index (χ3n) is 4.92. The first kappa shape index (κ1) is 17.0. The molecule has 0 aliphatic heterocycles. The summed E-state index contributed by atoms with van der Waals surface area (Å²) in [6.07, 6.45) is 6.86. The molecule has 4 aromatic rings. The molecule has 29 heavy (non-hydrogen) atoms. The highest BCUT2D eigenvalue weighted by molar-refractivity contribution is 6.41. The Morgan fingerprint density at radius 1 is 0.759 bits per heavy atom. The molecule has 0 atom stereocenters. The molecule has 0 saturated carbocycles. The van der Waals surface area contributed by atoms with Gasteiger partial charge in [0.15, 0.2) is 11.6 Å². The van der Waals surface area contributed by atoms with Gasteiger partial charge in [-0.2, -0.15) is 5.10 Å². The first-order chi connectivity index (χ1) is 14.2. The van der Waals surface area contributed by atoms with Crippen molar-refractivity contribution < 1.29 is 9.59 Å². The van der Waals surface area contributed by atoms with Crippen molar-refractivity contribution in [2.45, 2.75) is 0 Å². The van der Waals surface area contributed by atoms with Crippen molar-refractivity contribution in [3.05, 3.63) is 108 Å². The molecular formula is C24H15N3O2. The van der Waals surface area contributed by atoms with Crippen molar-refractivity contribution in [3.8, 4) is 16.9 Å². The summed E-state index contributed by atoms with van der Waals surface area (Å²) >= 11 is 0. The van der Waals surface area contributed by atoms with E-state index in [1.165, 1.54) is 0 Å². The first-order valence-corrected chi connectivity index (χ1v) is 9.18. The maximum absolute atomic E-state index is 12.8. The fourth-order valence-corrected chi connectivity index (χ4v) is 3.50. The van der Waals surface area contributed by atoms with Gasteiger partial charge in [-0.05, 0) is 30.3 Å². The van der Waals surface area contributed by atoms with Crippen LogP contribution in [0.3, 0.4) is 0 Å². The molecule has 2 heterocycles. The topological polar surface area (TPSA) is 64.8 Å². The Labute approximate surface area is 167 Å². The van der Waals surface area contributed by atoms with Gasteiger partial charge in [-0.15, -0.1) is 0 Å². The Hall–Kier alpha value is -4.12. The highest BCUT2D eigenvalue weighted by atomic mass is 16.2. The van der Waals surface area contributed by atoms with Crippen molar-refractivity contribution in [1.29, 1.82) is 0 Å². The summed E-state index contributed by atoms with van der Waals surface area (Å²) in [6.45, 7) is 0. The van der Waals surface area contributed by atoms with E-state index in [0.717, 1.165) is 11.3 Å². The van der Waals surface area contributed by atoms with Crippen molar-refractivity contribution in [3.63, 3.8) is 0 Å². The third kappa shape index (κ3) is 2.89. The van der Waals surface area contributed by atoms with Crippen molar-refractivity contribution in [1.82, 2.24) is 14.8 Å². The standard InChI is InChI=1S/C24H15N3O2/c28-23-19-8-4-5-9-20(19)24(29)21(23)14-17-15-27(18-6-2-1-3-7-18)26-22(17)16-10-12-25-13-11-16/h1-15H. The van der Waals surface area contributed by atoms with Gasteiger partial charge >= 0.3 is 0 Å². The van der Waals surface area contributed by atoms with Gasteiger partial charge < -0.3 is 0 Å². The lowest BCUT2D eigenvalue weighted by Gasteiger charge is -2.00. The quantitative estimate of drug-likeness (QED) is 0.392. The van der Waals surface area contributed by atoms with Gasteiger partial charge in [-0.25, -0.2) is 4.68 Å². The van der Waals surface area contributed by atoms with Crippen molar-refractivity contribution in [2.75, 3.05) is 0 Å². The van der Waals surface area contributed by atoms with Gasteiger partial charge in [-0.3, -0.25) is 14.6 Å². The summed E-state index contributed by atoms with van der Waals surface area (Å²) in [7, 11) is 0. The monoisotopic (exact) mass is 377 g/mol. The van der Waals surface area contributed by atoms with Gasteiger partial charge in [-0.1, -0.05) is 42.5 Å².